The first-order chi connectivity index (χ1) is 14.2. The number of hydrogen-bond donors (Lipinski definition) is 2. The molecule has 1 aromatic carbocycles. The summed E-state index contributed by atoms with van der Waals surface area (Å²) in [7, 11) is 0. The van der Waals surface area contributed by atoms with Crippen molar-refractivity contribution in [3.8, 4) is 0 Å². The Hall–Kier alpha value is -2.39. The molecule has 2 fully saturated rings. The van der Waals surface area contributed by atoms with Crippen molar-refractivity contribution in [1.29, 1.82) is 0 Å². The van der Waals surface area contributed by atoms with E-state index in [1.807, 2.05) is 18.3 Å². The minimum absolute atomic E-state index is 0.0520. The maximum absolute atomic E-state index is 9.64. The maximum Gasteiger partial charge on any atom is 0.0702 e. The number of H-pyrrole nitrogens is 1. The first-order valence-corrected chi connectivity index (χ1v) is 11.0. The lowest BCUT2D eigenvalue weighted by Gasteiger charge is -2.32. The highest BCUT2D eigenvalue weighted by Gasteiger charge is 2.44. The van der Waals surface area contributed by atoms with Gasteiger partial charge >= 0.3 is 0 Å². The number of fused-ring (bicyclic) bond motifs is 2. The molecule has 0 amide bonds. The summed E-state index contributed by atoms with van der Waals surface area (Å²) in [5, 5.41) is 11.0. The molecule has 29 heavy (non-hydrogen) atoms. The van der Waals surface area contributed by atoms with E-state index in [1.54, 1.807) is 0 Å². The van der Waals surface area contributed by atoms with Crippen LogP contribution < -0.4 is 0 Å². The van der Waals surface area contributed by atoms with Crippen LogP contribution in [0.4, 0.5) is 0 Å². The number of aliphatic hydroxyl groups excluding tert-OH is 1. The van der Waals surface area contributed by atoms with Crippen molar-refractivity contribution in [3.05, 3.63) is 71.2 Å². The fraction of sp³-hybridized carbons (Fsp3) is 0.423. The molecule has 2 aromatic heterocycles. The fourth-order valence-corrected chi connectivity index (χ4v) is 6.01. The van der Waals surface area contributed by atoms with Crippen LogP contribution in [-0.4, -0.2) is 15.1 Å². The second-order valence-electron chi connectivity index (χ2n) is 9.36. The molecule has 3 aromatic rings. The van der Waals surface area contributed by atoms with E-state index in [4.69, 9.17) is 0 Å². The summed E-state index contributed by atoms with van der Waals surface area (Å²) in [6.07, 6.45) is 13.7. The number of aliphatic hydroxyl groups is 1. The van der Waals surface area contributed by atoms with Crippen LogP contribution in [0.25, 0.3) is 17.0 Å². The number of nitrogens with one attached hydrogen (secondary N) is 1. The summed E-state index contributed by atoms with van der Waals surface area (Å²) >= 11 is 0. The van der Waals surface area contributed by atoms with Crippen molar-refractivity contribution in [2.24, 2.45) is 11.3 Å². The van der Waals surface area contributed by atoms with Gasteiger partial charge in [-0.25, -0.2) is 0 Å². The zero-order chi connectivity index (χ0) is 19.8. The molecule has 2 heterocycles. The molecule has 0 radical (unpaired) electrons. The van der Waals surface area contributed by atoms with E-state index in [0.717, 1.165) is 23.6 Å². The largest absolute Gasteiger partial charge is 0.392 e. The van der Waals surface area contributed by atoms with E-state index in [2.05, 4.69) is 53.4 Å². The lowest BCUT2D eigenvalue weighted by atomic mass is 9.72. The van der Waals surface area contributed by atoms with Gasteiger partial charge in [0.2, 0.25) is 0 Å². The van der Waals surface area contributed by atoms with Crippen molar-refractivity contribution >= 4 is 17.0 Å². The van der Waals surface area contributed by atoms with Gasteiger partial charge in [0.1, 0.15) is 0 Å². The van der Waals surface area contributed by atoms with Crippen molar-refractivity contribution in [1.82, 2.24) is 9.97 Å². The van der Waals surface area contributed by atoms with Gasteiger partial charge < -0.3 is 10.1 Å². The number of pyridine rings is 1. The molecule has 0 aliphatic heterocycles. The topological polar surface area (TPSA) is 48.9 Å². The van der Waals surface area contributed by atoms with Crippen LogP contribution in [0.3, 0.4) is 0 Å². The molecule has 0 bridgehead atoms. The molecule has 3 heteroatoms. The molecule has 150 valence electrons. The monoisotopic (exact) mass is 386 g/mol. The van der Waals surface area contributed by atoms with Gasteiger partial charge in [0, 0.05) is 28.9 Å². The van der Waals surface area contributed by atoms with Gasteiger partial charge in [0.05, 0.1) is 12.3 Å². The molecule has 3 nitrogen and oxygen atoms in total. The molecule has 3 atom stereocenters. The summed E-state index contributed by atoms with van der Waals surface area (Å²) in [4.78, 5) is 7.90. The smallest absolute Gasteiger partial charge is 0.0702 e. The minimum Gasteiger partial charge on any atom is -0.392 e. The summed E-state index contributed by atoms with van der Waals surface area (Å²) in [5.74, 6) is 1.39. The zero-order valence-corrected chi connectivity index (χ0v) is 17.2. The van der Waals surface area contributed by atoms with Crippen LogP contribution in [0, 0.1) is 11.3 Å². The molecule has 2 aliphatic rings. The Balaban J connectivity index is 1.44. The Bertz CT molecular complexity index is 1050. The summed E-state index contributed by atoms with van der Waals surface area (Å²) in [6, 6.07) is 12.9. The predicted molar refractivity (Wildman–Crippen MR) is 118 cm³/mol. The van der Waals surface area contributed by atoms with E-state index in [-0.39, 0.29) is 6.61 Å². The number of rotatable bonds is 3. The third-order valence-corrected chi connectivity index (χ3v) is 7.45. The molecule has 0 saturated heterocycles. The van der Waals surface area contributed by atoms with Crippen molar-refractivity contribution in [3.63, 3.8) is 0 Å². The average molecular weight is 387 g/mol. The van der Waals surface area contributed by atoms with E-state index in [0.29, 0.717) is 11.3 Å². The molecule has 5 rings (SSSR count). The lowest BCUT2D eigenvalue weighted by Crippen LogP contribution is -2.22. The Morgan fingerprint density at radius 2 is 2.14 bits per heavy atom. The quantitative estimate of drug-likeness (QED) is 0.562. The third kappa shape index (κ3) is 3.42. The summed E-state index contributed by atoms with van der Waals surface area (Å²) in [6.45, 7) is 2.57. The van der Waals surface area contributed by atoms with Gasteiger partial charge in [0.15, 0.2) is 0 Å². The van der Waals surface area contributed by atoms with Crippen LogP contribution in [-0.2, 0) is 6.61 Å². The lowest BCUT2D eigenvalue weighted by molar-refractivity contribution is 0.205. The molecule has 2 saturated carbocycles. The summed E-state index contributed by atoms with van der Waals surface area (Å²) < 4.78 is 0. The van der Waals surface area contributed by atoms with Crippen LogP contribution in [0.5, 0.6) is 0 Å². The Morgan fingerprint density at radius 1 is 1.21 bits per heavy atom. The summed E-state index contributed by atoms with van der Waals surface area (Å²) in [5.41, 5.74) is 6.50. The minimum atomic E-state index is 0.0520. The van der Waals surface area contributed by atoms with Gasteiger partial charge in [-0.3, -0.25) is 4.98 Å². The van der Waals surface area contributed by atoms with Crippen LogP contribution in [0.1, 0.15) is 68.2 Å². The first-order valence-electron chi connectivity index (χ1n) is 11.0. The third-order valence-electron chi connectivity index (χ3n) is 7.45. The highest BCUT2D eigenvalue weighted by molar-refractivity contribution is 5.83. The number of aromatic amines is 1. The van der Waals surface area contributed by atoms with E-state index >= 15 is 0 Å². The van der Waals surface area contributed by atoms with Gasteiger partial charge in [0.25, 0.3) is 0 Å². The molecular weight excluding hydrogens is 356 g/mol. The predicted octanol–water partition coefficient (Wildman–Crippen LogP) is 6.21. The first kappa shape index (κ1) is 18.6. The van der Waals surface area contributed by atoms with Gasteiger partial charge in [-0.05, 0) is 79.2 Å². The molecule has 2 aliphatic carbocycles. The van der Waals surface area contributed by atoms with Gasteiger partial charge in [-0.2, -0.15) is 0 Å². The van der Waals surface area contributed by atoms with Gasteiger partial charge in [-0.1, -0.05) is 37.1 Å². The number of benzene rings is 1. The average Bonchev–Trinajstić information content (AvgIpc) is 3.28. The molecule has 0 spiro atoms. The standard InChI is InChI=1S/C26H30N2O/c1-26-15-18(14-25-20(17-29)6-4-11-27-25)13-21(26)7-2-5-19(16-26)22-8-3-9-24-23(22)10-12-28-24/h3-4,6,8-12,14,19,21,28-29H,2,5,7,13,15-17H2,1H3/t19?,21-,26-/m1/s1. The highest BCUT2D eigenvalue weighted by atomic mass is 16.3. The Labute approximate surface area is 172 Å². The normalized spacial score (nSPS) is 28.6. The Morgan fingerprint density at radius 3 is 3.03 bits per heavy atom. The highest BCUT2D eigenvalue weighted by Crippen LogP contribution is 2.56. The maximum atomic E-state index is 9.64. The van der Waals surface area contributed by atoms with Gasteiger partial charge in [-0.15, -0.1) is 0 Å². The van der Waals surface area contributed by atoms with Crippen LogP contribution >= 0.6 is 0 Å². The molecular formula is C26H30N2O. The van der Waals surface area contributed by atoms with Crippen LogP contribution in [0.2, 0.25) is 0 Å². The van der Waals surface area contributed by atoms with E-state index < -0.39 is 0 Å². The van der Waals surface area contributed by atoms with E-state index in [1.165, 1.54) is 54.1 Å². The number of hydrogen-bond acceptors (Lipinski definition) is 2. The van der Waals surface area contributed by atoms with Crippen molar-refractivity contribution < 1.29 is 5.11 Å². The van der Waals surface area contributed by atoms with Crippen molar-refractivity contribution in [2.75, 3.05) is 0 Å². The fourth-order valence-electron chi connectivity index (χ4n) is 6.01. The van der Waals surface area contributed by atoms with E-state index in [9.17, 15) is 5.11 Å². The number of aromatic nitrogens is 2. The zero-order valence-electron chi connectivity index (χ0n) is 17.2. The molecule has 2 N–H and O–H groups in total. The Kier molecular flexibility index (Phi) is 4.79. The second kappa shape index (κ2) is 7.46. The molecule has 1 unspecified atom stereocenters. The number of nitrogens with zero attached hydrogens (tertiary/aromatic N) is 1. The second-order valence-corrected chi connectivity index (χ2v) is 9.36. The van der Waals surface area contributed by atoms with Crippen molar-refractivity contribution in [2.45, 2.75) is 58.0 Å². The number of allylic oxidation sites excluding steroid dienone is 1. The van der Waals surface area contributed by atoms with Crippen LogP contribution in [0.15, 0.2) is 54.4 Å². The SMILES string of the molecule is C[C@]12CC(=Cc3ncccc3CO)C[C@H]1CCCC(c1cccc3[nH]ccc13)C2.